The molecule has 6 heteroatoms. The lowest BCUT2D eigenvalue weighted by Crippen LogP contribution is -2.45. The molecule has 0 aliphatic heterocycles. The molecule has 2 saturated carbocycles. The second kappa shape index (κ2) is 17.2. The summed E-state index contributed by atoms with van der Waals surface area (Å²) in [6, 6.07) is 21.7. The quantitative estimate of drug-likeness (QED) is 0.187. The number of rotatable bonds is 17. The molecule has 0 spiro atoms. The van der Waals surface area contributed by atoms with Crippen LogP contribution >= 0.6 is 21.6 Å². The molecular formula is C34H52N2O2S2. The molecule has 0 radical (unpaired) electrons. The van der Waals surface area contributed by atoms with Crippen molar-refractivity contribution in [1.82, 2.24) is 9.80 Å². The number of aliphatic hydroxyl groups excluding tert-OH is 2. The monoisotopic (exact) mass is 584 g/mol. The highest BCUT2D eigenvalue weighted by atomic mass is 33.1. The van der Waals surface area contributed by atoms with Crippen molar-refractivity contribution >= 4 is 21.6 Å². The fourth-order valence-electron chi connectivity index (χ4n) is 6.62. The lowest BCUT2D eigenvalue weighted by molar-refractivity contribution is 0.187. The first-order valence-electron chi connectivity index (χ1n) is 15.8. The maximum absolute atomic E-state index is 9.65. The van der Waals surface area contributed by atoms with Gasteiger partial charge in [-0.3, -0.25) is 9.80 Å². The molecule has 0 amide bonds. The van der Waals surface area contributed by atoms with Gasteiger partial charge in [0.15, 0.2) is 0 Å². The van der Waals surface area contributed by atoms with Gasteiger partial charge >= 0.3 is 0 Å². The summed E-state index contributed by atoms with van der Waals surface area (Å²) in [7, 11) is 4.46. The summed E-state index contributed by atoms with van der Waals surface area (Å²) < 4.78 is 0.542. The van der Waals surface area contributed by atoms with Crippen molar-refractivity contribution in [3.63, 3.8) is 0 Å². The summed E-state index contributed by atoms with van der Waals surface area (Å²) in [6.07, 6.45) is 14.9. The maximum atomic E-state index is 9.65. The minimum atomic E-state index is 0.258. The smallest absolute Gasteiger partial charge is 0.0443 e. The molecule has 2 aliphatic rings. The van der Waals surface area contributed by atoms with Crippen LogP contribution < -0.4 is 0 Å². The lowest BCUT2D eigenvalue weighted by Gasteiger charge is -2.45. The predicted molar refractivity (Wildman–Crippen MR) is 174 cm³/mol. The van der Waals surface area contributed by atoms with E-state index < -0.39 is 0 Å². The number of nitrogens with zero attached hydrogens (tertiary/aromatic N) is 2. The summed E-state index contributed by atoms with van der Waals surface area (Å²) in [5, 5.41) is 19.3. The summed E-state index contributed by atoms with van der Waals surface area (Å²) >= 11 is 0. The van der Waals surface area contributed by atoms with Crippen LogP contribution in [0.4, 0.5) is 0 Å². The van der Waals surface area contributed by atoms with Crippen molar-refractivity contribution in [3.05, 3.63) is 71.8 Å². The molecule has 2 aliphatic carbocycles. The average molecular weight is 585 g/mol. The fraction of sp³-hybridized carbons (Fsp3) is 0.647. The molecule has 40 heavy (non-hydrogen) atoms. The van der Waals surface area contributed by atoms with Crippen LogP contribution in [0.2, 0.25) is 0 Å². The lowest BCUT2D eigenvalue weighted by atomic mass is 9.87. The van der Waals surface area contributed by atoms with Crippen LogP contribution in [0.25, 0.3) is 0 Å². The normalized spacial score (nSPS) is 18.8. The highest BCUT2D eigenvalue weighted by Gasteiger charge is 2.41. The molecule has 0 bridgehead atoms. The molecule has 0 unspecified atom stereocenters. The third-order valence-corrected chi connectivity index (χ3v) is 12.9. The molecule has 0 saturated heterocycles. The molecular weight excluding hydrogens is 533 g/mol. The third kappa shape index (κ3) is 10.4. The molecule has 222 valence electrons. The summed E-state index contributed by atoms with van der Waals surface area (Å²) in [4.78, 5) is 5.25. The molecule has 4 nitrogen and oxygen atoms in total. The van der Waals surface area contributed by atoms with Crippen LogP contribution in [0, 0.1) is 0 Å². The molecule has 0 aromatic heterocycles. The second-order valence-corrected chi connectivity index (χ2v) is 15.3. The topological polar surface area (TPSA) is 46.9 Å². The number of benzene rings is 2. The van der Waals surface area contributed by atoms with Crippen LogP contribution in [0.3, 0.4) is 0 Å². The van der Waals surface area contributed by atoms with Crippen molar-refractivity contribution in [2.24, 2.45) is 0 Å². The number of aliphatic hydroxyl groups is 2. The van der Waals surface area contributed by atoms with E-state index in [9.17, 15) is 10.2 Å². The number of hydrogen-bond acceptors (Lipinski definition) is 6. The summed E-state index contributed by atoms with van der Waals surface area (Å²) in [5.74, 6) is 0. The van der Waals surface area contributed by atoms with Gasteiger partial charge in [-0.25, -0.2) is 0 Å². The van der Waals surface area contributed by atoms with Crippen LogP contribution in [-0.4, -0.2) is 68.9 Å². The van der Waals surface area contributed by atoms with Gasteiger partial charge in [0.25, 0.3) is 0 Å². The van der Waals surface area contributed by atoms with E-state index in [2.05, 4.69) is 92.1 Å². The highest BCUT2D eigenvalue weighted by Crippen LogP contribution is 2.54. The zero-order chi connectivity index (χ0) is 27.9. The summed E-state index contributed by atoms with van der Waals surface area (Å²) in [5.41, 5.74) is 2.74. The molecule has 4 rings (SSSR count). The van der Waals surface area contributed by atoms with Crippen LogP contribution in [0.5, 0.6) is 0 Å². The van der Waals surface area contributed by atoms with Crippen molar-refractivity contribution in [1.29, 1.82) is 0 Å². The first-order chi connectivity index (χ1) is 19.6. The Balaban J connectivity index is 1.49. The van der Waals surface area contributed by atoms with E-state index in [0.29, 0.717) is 0 Å². The van der Waals surface area contributed by atoms with Crippen molar-refractivity contribution in [2.75, 3.05) is 39.4 Å². The largest absolute Gasteiger partial charge is 0.396 e. The van der Waals surface area contributed by atoms with Gasteiger partial charge in [0, 0.05) is 62.0 Å². The first kappa shape index (κ1) is 31.9. The standard InChI is InChI=1S/C34H52N2O2S2/c37-25-13-23-35(27-31-15-5-1-6-16-31)29-33(19-9-3-10-20-33)39-40-34(21-11-4-12-22-34)30-36(24-14-26-38)28-32-17-7-2-8-18-32/h1-2,5-8,15-18,37-38H,3-4,9-14,19-30H2. The number of hydrogen-bond donors (Lipinski definition) is 2. The Labute approximate surface area is 251 Å². The average Bonchev–Trinajstić information content (AvgIpc) is 3.00. The van der Waals surface area contributed by atoms with Crippen LogP contribution in [-0.2, 0) is 13.1 Å². The van der Waals surface area contributed by atoms with Crippen LogP contribution in [0.15, 0.2) is 60.7 Å². The van der Waals surface area contributed by atoms with E-state index in [1.165, 1.54) is 75.3 Å². The molecule has 2 aromatic carbocycles. The Hall–Kier alpha value is -1.02. The molecule has 0 heterocycles. The maximum Gasteiger partial charge on any atom is 0.0443 e. The Bertz CT molecular complexity index is 856. The van der Waals surface area contributed by atoms with E-state index >= 15 is 0 Å². The highest BCUT2D eigenvalue weighted by molar-refractivity contribution is 8.77. The van der Waals surface area contributed by atoms with Gasteiger partial charge in [0.05, 0.1) is 0 Å². The SMILES string of the molecule is OCCCN(Cc1ccccc1)CC1(SSC2(CN(CCCO)Cc3ccccc3)CCCCC2)CCCCC1. The van der Waals surface area contributed by atoms with Gasteiger partial charge in [-0.2, -0.15) is 0 Å². The van der Waals surface area contributed by atoms with E-state index in [1.54, 1.807) is 0 Å². The minimum Gasteiger partial charge on any atom is -0.396 e. The molecule has 0 atom stereocenters. The van der Waals surface area contributed by atoms with Crippen molar-refractivity contribution in [2.45, 2.75) is 99.6 Å². The van der Waals surface area contributed by atoms with E-state index in [1.807, 2.05) is 0 Å². The van der Waals surface area contributed by atoms with E-state index in [0.717, 1.165) is 52.1 Å². The van der Waals surface area contributed by atoms with Gasteiger partial charge < -0.3 is 10.2 Å². The van der Waals surface area contributed by atoms with Gasteiger partial charge in [-0.1, -0.05) is 121 Å². The van der Waals surface area contributed by atoms with Crippen molar-refractivity contribution in [3.8, 4) is 0 Å². The third-order valence-electron chi connectivity index (χ3n) is 8.71. The Morgan fingerprint density at radius 2 is 0.925 bits per heavy atom. The summed E-state index contributed by atoms with van der Waals surface area (Å²) in [6.45, 7) is 6.56. The van der Waals surface area contributed by atoms with Crippen LogP contribution in [0.1, 0.15) is 88.2 Å². The Morgan fingerprint density at radius 1 is 0.550 bits per heavy atom. The van der Waals surface area contributed by atoms with E-state index in [4.69, 9.17) is 0 Å². The zero-order valence-electron chi connectivity index (χ0n) is 24.5. The minimum absolute atomic E-state index is 0.258. The van der Waals surface area contributed by atoms with Gasteiger partial charge in [-0.05, 0) is 49.7 Å². The molecule has 2 fully saturated rings. The van der Waals surface area contributed by atoms with Gasteiger partial charge in [-0.15, -0.1) is 0 Å². The van der Waals surface area contributed by atoms with Gasteiger partial charge in [0.2, 0.25) is 0 Å². The first-order valence-corrected chi connectivity index (χ1v) is 17.9. The molecule has 2 N–H and O–H groups in total. The Kier molecular flexibility index (Phi) is 13.7. The van der Waals surface area contributed by atoms with E-state index in [-0.39, 0.29) is 22.7 Å². The van der Waals surface area contributed by atoms with Gasteiger partial charge in [0.1, 0.15) is 0 Å². The zero-order valence-corrected chi connectivity index (χ0v) is 26.2. The molecule has 2 aromatic rings. The Morgan fingerprint density at radius 3 is 1.27 bits per heavy atom. The van der Waals surface area contributed by atoms with Crippen molar-refractivity contribution < 1.29 is 10.2 Å². The predicted octanol–water partition coefficient (Wildman–Crippen LogP) is 7.54. The second-order valence-electron chi connectivity index (χ2n) is 12.2. The fourth-order valence-corrected chi connectivity index (χ4v) is 10.7.